The maximum atomic E-state index is 11.7. The van der Waals surface area contributed by atoms with Gasteiger partial charge in [-0.25, -0.2) is 0 Å². The fourth-order valence-electron chi connectivity index (χ4n) is 1.93. The monoisotopic (exact) mass is 301 g/mol. The summed E-state index contributed by atoms with van der Waals surface area (Å²) in [4.78, 5) is 16.8. The standard InChI is InChI=1S/C15H15N3O2S/c19-14(13-7-3-10-21-13)16-8-4-9-17-15-18-11-5-1-2-6-12(11)20-15/h1-3,5-7,10H,4,8-9H2,(H,16,19)(H,17,18). The molecule has 0 fully saturated rings. The molecule has 2 aromatic heterocycles. The Kier molecular flexibility index (Phi) is 4.16. The zero-order valence-corrected chi connectivity index (χ0v) is 12.2. The summed E-state index contributed by atoms with van der Waals surface area (Å²) < 4.78 is 5.55. The molecule has 6 heteroatoms. The maximum Gasteiger partial charge on any atom is 0.295 e. The number of amides is 1. The number of para-hydroxylation sites is 2. The molecule has 0 atom stereocenters. The summed E-state index contributed by atoms with van der Waals surface area (Å²) in [6.07, 6.45) is 0.801. The van der Waals surface area contributed by atoms with Crippen molar-refractivity contribution < 1.29 is 9.21 Å². The lowest BCUT2D eigenvalue weighted by Crippen LogP contribution is -2.25. The summed E-state index contributed by atoms with van der Waals surface area (Å²) in [6.45, 7) is 1.31. The van der Waals surface area contributed by atoms with Crippen molar-refractivity contribution >= 4 is 34.4 Å². The van der Waals surface area contributed by atoms with Crippen LogP contribution in [0.1, 0.15) is 16.1 Å². The van der Waals surface area contributed by atoms with E-state index >= 15 is 0 Å². The third-order valence-electron chi connectivity index (χ3n) is 2.95. The van der Waals surface area contributed by atoms with E-state index in [0.717, 1.165) is 22.4 Å². The van der Waals surface area contributed by atoms with Crippen molar-refractivity contribution in [2.75, 3.05) is 18.4 Å². The molecule has 0 radical (unpaired) electrons. The van der Waals surface area contributed by atoms with E-state index in [-0.39, 0.29) is 5.91 Å². The second kappa shape index (κ2) is 6.41. The van der Waals surface area contributed by atoms with E-state index in [9.17, 15) is 4.79 Å². The number of fused-ring (bicyclic) bond motifs is 1. The second-order valence-electron chi connectivity index (χ2n) is 4.50. The Morgan fingerprint density at radius 2 is 2.10 bits per heavy atom. The van der Waals surface area contributed by atoms with Gasteiger partial charge in [0.15, 0.2) is 5.58 Å². The summed E-state index contributed by atoms with van der Waals surface area (Å²) >= 11 is 1.44. The third-order valence-corrected chi connectivity index (χ3v) is 3.82. The molecular formula is C15H15N3O2S. The quantitative estimate of drug-likeness (QED) is 0.686. The first-order valence-corrected chi connectivity index (χ1v) is 7.62. The van der Waals surface area contributed by atoms with Crippen LogP contribution in [0.5, 0.6) is 0 Å². The van der Waals surface area contributed by atoms with Crippen molar-refractivity contribution in [3.63, 3.8) is 0 Å². The first-order valence-electron chi connectivity index (χ1n) is 6.74. The molecular weight excluding hydrogens is 286 g/mol. The van der Waals surface area contributed by atoms with Gasteiger partial charge in [0, 0.05) is 13.1 Å². The predicted octanol–water partition coefficient (Wildman–Crippen LogP) is 3.12. The highest BCUT2D eigenvalue weighted by Gasteiger charge is 2.06. The summed E-state index contributed by atoms with van der Waals surface area (Å²) in [5.74, 6) is -0.0214. The Morgan fingerprint density at radius 3 is 2.90 bits per heavy atom. The second-order valence-corrected chi connectivity index (χ2v) is 5.45. The molecule has 0 spiro atoms. The Bertz CT molecular complexity index is 688. The predicted molar refractivity (Wildman–Crippen MR) is 83.8 cm³/mol. The van der Waals surface area contributed by atoms with E-state index in [1.54, 1.807) is 0 Å². The number of carbonyl (C=O) groups excluding carboxylic acids is 1. The summed E-state index contributed by atoms with van der Waals surface area (Å²) in [7, 11) is 0. The van der Waals surface area contributed by atoms with Crippen LogP contribution in [0.3, 0.4) is 0 Å². The van der Waals surface area contributed by atoms with Gasteiger partial charge in [0.25, 0.3) is 11.9 Å². The van der Waals surface area contributed by atoms with Gasteiger partial charge < -0.3 is 15.1 Å². The van der Waals surface area contributed by atoms with Gasteiger partial charge in [0.2, 0.25) is 0 Å². The van der Waals surface area contributed by atoms with E-state index in [1.807, 2.05) is 41.8 Å². The fraction of sp³-hybridized carbons (Fsp3) is 0.200. The van der Waals surface area contributed by atoms with Crippen LogP contribution in [0.4, 0.5) is 6.01 Å². The van der Waals surface area contributed by atoms with Crippen molar-refractivity contribution in [3.8, 4) is 0 Å². The van der Waals surface area contributed by atoms with Crippen LogP contribution in [0.15, 0.2) is 46.2 Å². The molecule has 3 rings (SSSR count). The van der Waals surface area contributed by atoms with Gasteiger partial charge in [-0.3, -0.25) is 4.79 Å². The molecule has 0 aliphatic carbocycles. The van der Waals surface area contributed by atoms with Crippen LogP contribution in [0.2, 0.25) is 0 Å². The minimum Gasteiger partial charge on any atom is -0.424 e. The van der Waals surface area contributed by atoms with E-state index < -0.39 is 0 Å². The molecule has 21 heavy (non-hydrogen) atoms. The maximum absolute atomic E-state index is 11.7. The average molecular weight is 301 g/mol. The number of anilines is 1. The van der Waals surface area contributed by atoms with Gasteiger partial charge in [0.1, 0.15) is 5.52 Å². The van der Waals surface area contributed by atoms with Crippen LogP contribution in [-0.2, 0) is 0 Å². The van der Waals surface area contributed by atoms with Crippen molar-refractivity contribution in [1.82, 2.24) is 10.3 Å². The Hall–Kier alpha value is -2.34. The molecule has 5 nitrogen and oxygen atoms in total. The van der Waals surface area contributed by atoms with Crippen LogP contribution in [0.25, 0.3) is 11.1 Å². The number of benzene rings is 1. The van der Waals surface area contributed by atoms with Crippen LogP contribution < -0.4 is 10.6 Å². The molecule has 0 aliphatic rings. The summed E-state index contributed by atoms with van der Waals surface area (Å²) in [5.41, 5.74) is 1.61. The summed E-state index contributed by atoms with van der Waals surface area (Å²) in [5, 5.41) is 7.89. The molecule has 108 valence electrons. The van der Waals surface area contributed by atoms with E-state index in [0.29, 0.717) is 19.1 Å². The van der Waals surface area contributed by atoms with Gasteiger partial charge >= 0.3 is 0 Å². The number of oxazole rings is 1. The molecule has 0 bridgehead atoms. The zero-order chi connectivity index (χ0) is 14.5. The number of rotatable bonds is 6. The van der Waals surface area contributed by atoms with Crippen LogP contribution >= 0.6 is 11.3 Å². The Labute approximate surface area is 126 Å². The highest BCUT2D eigenvalue weighted by Crippen LogP contribution is 2.17. The lowest BCUT2D eigenvalue weighted by atomic mass is 10.3. The van der Waals surface area contributed by atoms with Crippen LogP contribution in [-0.4, -0.2) is 24.0 Å². The van der Waals surface area contributed by atoms with Crippen molar-refractivity contribution in [3.05, 3.63) is 46.7 Å². The smallest absolute Gasteiger partial charge is 0.295 e. The molecule has 3 aromatic rings. The van der Waals surface area contributed by atoms with E-state index in [2.05, 4.69) is 15.6 Å². The van der Waals surface area contributed by atoms with E-state index in [1.165, 1.54) is 11.3 Å². The number of thiophene rings is 1. The molecule has 1 amide bonds. The number of hydrogen-bond acceptors (Lipinski definition) is 5. The van der Waals surface area contributed by atoms with Gasteiger partial charge in [-0.15, -0.1) is 11.3 Å². The minimum atomic E-state index is -0.0214. The van der Waals surface area contributed by atoms with Gasteiger partial charge in [-0.1, -0.05) is 18.2 Å². The number of nitrogens with one attached hydrogen (secondary N) is 2. The summed E-state index contributed by atoms with van der Waals surface area (Å²) in [6, 6.07) is 11.8. The van der Waals surface area contributed by atoms with Gasteiger partial charge in [-0.2, -0.15) is 4.98 Å². The SMILES string of the molecule is O=C(NCCCNc1nc2ccccc2o1)c1cccs1. The minimum absolute atomic E-state index is 0.0214. The van der Waals surface area contributed by atoms with E-state index in [4.69, 9.17) is 4.42 Å². The number of nitrogens with zero attached hydrogens (tertiary/aromatic N) is 1. The molecule has 2 N–H and O–H groups in total. The fourth-order valence-corrected chi connectivity index (χ4v) is 2.57. The first-order chi connectivity index (χ1) is 10.3. The Morgan fingerprint density at radius 1 is 1.19 bits per heavy atom. The highest BCUT2D eigenvalue weighted by molar-refractivity contribution is 7.12. The number of hydrogen-bond donors (Lipinski definition) is 2. The number of carbonyl (C=O) groups is 1. The lowest BCUT2D eigenvalue weighted by molar-refractivity contribution is 0.0957. The van der Waals surface area contributed by atoms with Crippen molar-refractivity contribution in [2.24, 2.45) is 0 Å². The molecule has 0 aliphatic heterocycles. The molecule has 0 saturated heterocycles. The van der Waals surface area contributed by atoms with Crippen molar-refractivity contribution in [2.45, 2.75) is 6.42 Å². The average Bonchev–Trinajstić information content (AvgIpc) is 3.15. The highest BCUT2D eigenvalue weighted by atomic mass is 32.1. The molecule has 1 aromatic carbocycles. The largest absolute Gasteiger partial charge is 0.424 e. The number of aromatic nitrogens is 1. The lowest BCUT2D eigenvalue weighted by Gasteiger charge is -2.03. The normalized spacial score (nSPS) is 10.7. The molecule has 2 heterocycles. The zero-order valence-electron chi connectivity index (χ0n) is 11.3. The first kappa shape index (κ1) is 13.6. The topological polar surface area (TPSA) is 67.2 Å². The Balaban J connectivity index is 1.41. The van der Waals surface area contributed by atoms with Crippen molar-refractivity contribution in [1.29, 1.82) is 0 Å². The van der Waals surface area contributed by atoms with Crippen LogP contribution in [0, 0.1) is 0 Å². The third kappa shape index (κ3) is 3.41. The van der Waals surface area contributed by atoms with Gasteiger partial charge in [0.05, 0.1) is 4.88 Å². The molecule has 0 saturated carbocycles. The van der Waals surface area contributed by atoms with Gasteiger partial charge in [-0.05, 0) is 30.0 Å². The molecule has 0 unspecified atom stereocenters.